The molecule has 0 saturated carbocycles. The number of aryl methyl sites for hydroxylation is 1. The van der Waals surface area contributed by atoms with Crippen molar-refractivity contribution in [1.82, 2.24) is 0 Å². The van der Waals surface area contributed by atoms with Crippen molar-refractivity contribution in [3.63, 3.8) is 0 Å². The Morgan fingerprint density at radius 1 is 1.19 bits per heavy atom. The fraction of sp³-hybridized carbons (Fsp3) is 0.250. The topological polar surface area (TPSA) is 32.3 Å². The molecule has 0 heterocycles. The summed E-state index contributed by atoms with van der Waals surface area (Å²) in [4.78, 5) is 0. The van der Waals surface area contributed by atoms with Crippen LogP contribution < -0.4 is 5.32 Å². The van der Waals surface area contributed by atoms with Crippen LogP contribution in [0.3, 0.4) is 0 Å². The first-order valence-electron chi connectivity index (χ1n) is 6.47. The first kappa shape index (κ1) is 15.7. The minimum Gasteiger partial charge on any atom is -0.394 e. The molecule has 0 amide bonds. The standard InChI is InChI=1S/C16H16ClF2NO/c1-10-7-14(19)11(8-13(10)18)16(2,9-21)20-15-6-4-3-5-12(15)17/h3-8,20-21H,9H2,1-2H3. The summed E-state index contributed by atoms with van der Waals surface area (Å²) in [6, 6.07) is 9.12. The number of benzene rings is 2. The van der Waals surface area contributed by atoms with Gasteiger partial charge in [0, 0.05) is 5.56 Å². The minimum absolute atomic E-state index is 0.0491. The van der Waals surface area contributed by atoms with Crippen molar-refractivity contribution in [3.05, 3.63) is 64.2 Å². The normalized spacial score (nSPS) is 13.8. The van der Waals surface area contributed by atoms with Gasteiger partial charge in [0.05, 0.1) is 22.9 Å². The van der Waals surface area contributed by atoms with Crippen LogP contribution in [0.1, 0.15) is 18.1 Å². The van der Waals surface area contributed by atoms with Gasteiger partial charge in [0.15, 0.2) is 0 Å². The van der Waals surface area contributed by atoms with Crippen LogP contribution in [0.25, 0.3) is 0 Å². The smallest absolute Gasteiger partial charge is 0.129 e. The van der Waals surface area contributed by atoms with Crippen LogP contribution in [0, 0.1) is 18.6 Å². The van der Waals surface area contributed by atoms with E-state index < -0.39 is 23.8 Å². The second kappa shape index (κ2) is 6.00. The zero-order valence-corrected chi connectivity index (χ0v) is 12.5. The molecule has 5 heteroatoms. The summed E-state index contributed by atoms with van der Waals surface area (Å²) < 4.78 is 27.9. The summed E-state index contributed by atoms with van der Waals surface area (Å²) in [5.74, 6) is -1.10. The Kier molecular flexibility index (Phi) is 4.49. The molecular weight excluding hydrogens is 296 g/mol. The molecule has 0 spiro atoms. The number of nitrogens with one attached hydrogen (secondary N) is 1. The van der Waals surface area contributed by atoms with Crippen molar-refractivity contribution in [2.24, 2.45) is 0 Å². The molecule has 1 atom stereocenters. The van der Waals surface area contributed by atoms with Gasteiger partial charge < -0.3 is 10.4 Å². The number of anilines is 1. The summed E-state index contributed by atoms with van der Waals surface area (Å²) in [7, 11) is 0. The maximum atomic E-state index is 14.2. The Balaban J connectivity index is 2.47. The van der Waals surface area contributed by atoms with Crippen LogP contribution in [0.2, 0.25) is 5.02 Å². The Bertz CT molecular complexity index is 663. The lowest BCUT2D eigenvalue weighted by atomic mass is 9.91. The van der Waals surface area contributed by atoms with Gasteiger partial charge >= 0.3 is 0 Å². The molecule has 2 nitrogen and oxygen atoms in total. The number of aliphatic hydroxyl groups is 1. The fourth-order valence-electron chi connectivity index (χ4n) is 2.12. The molecule has 21 heavy (non-hydrogen) atoms. The lowest BCUT2D eigenvalue weighted by Crippen LogP contribution is -2.37. The highest BCUT2D eigenvalue weighted by Crippen LogP contribution is 2.32. The number of hydrogen-bond acceptors (Lipinski definition) is 2. The van der Waals surface area contributed by atoms with E-state index in [9.17, 15) is 13.9 Å². The number of halogens is 3. The average molecular weight is 312 g/mol. The van der Waals surface area contributed by atoms with Gasteiger partial charge in [-0.3, -0.25) is 0 Å². The third kappa shape index (κ3) is 3.17. The first-order chi connectivity index (χ1) is 9.87. The number of aliphatic hydroxyl groups excluding tert-OH is 1. The van der Waals surface area contributed by atoms with E-state index in [1.165, 1.54) is 6.92 Å². The van der Waals surface area contributed by atoms with Crippen molar-refractivity contribution >= 4 is 17.3 Å². The van der Waals surface area contributed by atoms with E-state index in [0.29, 0.717) is 10.7 Å². The van der Waals surface area contributed by atoms with E-state index in [2.05, 4.69) is 5.32 Å². The summed E-state index contributed by atoms with van der Waals surface area (Å²) >= 11 is 6.06. The van der Waals surface area contributed by atoms with Gasteiger partial charge in [-0.05, 0) is 43.7 Å². The van der Waals surface area contributed by atoms with Crippen molar-refractivity contribution in [3.8, 4) is 0 Å². The first-order valence-corrected chi connectivity index (χ1v) is 6.85. The van der Waals surface area contributed by atoms with Gasteiger partial charge in [-0.15, -0.1) is 0 Å². The third-order valence-corrected chi connectivity index (χ3v) is 3.77. The van der Waals surface area contributed by atoms with E-state index in [4.69, 9.17) is 11.6 Å². The predicted molar refractivity (Wildman–Crippen MR) is 80.6 cm³/mol. The number of hydrogen-bond donors (Lipinski definition) is 2. The van der Waals surface area contributed by atoms with E-state index in [0.717, 1.165) is 12.1 Å². The monoisotopic (exact) mass is 311 g/mol. The van der Waals surface area contributed by atoms with Crippen LogP contribution in [0.4, 0.5) is 14.5 Å². The highest BCUT2D eigenvalue weighted by atomic mass is 35.5. The van der Waals surface area contributed by atoms with Crippen LogP contribution in [0.5, 0.6) is 0 Å². The molecule has 0 saturated heterocycles. The second-order valence-electron chi connectivity index (χ2n) is 5.18. The Morgan fingerprint density at radius 3 is 2.48 bits per heavy atom. The molecule has 0 aromatic heterocycles. The summed E-state index contributed by atoms with van der Waals surface area (Å²) in [6.45, 7) is 2.65. The van der Waals surface area contributed by atoms with Crippen molar-refractivity contribution < 1.29 is 13.9 Å². The van der Waals surface area contributed by atoms with Crippen molar-refractivity contribution in [1.29, 1.82) is 0 Å². The lowest BCUT2D eigenvalue weighted by Gasteiger charge is -2.31. The van der Waals surface area contributed by atoms with Crippen LogP contribution in [0.15, 0.2) is 36.4 Å². The molecule has 2 aromatic carbocycles. The van der Waals surface area contributed by atoms with Gasteiger partial charge in [0.25, 0.3) is 0 Å². The number of rotatable bonds is 4. The molecule has 0 bridgehead atoms. The third-order valence-electron chi connectivity index (χ3n) is 3.44. The zero-order valence-electron chi connectivity index (χ0n) is 11.8. The lowest BCUT2D eigenvalue weighted by molar-refractivity contribution is 0.220. The van der Waals surface area contributed by atoms with Gasteiger partial charge in [-0.25, -0.2) is 8.78 Å². The predicted octanol–water partition coefficient (Wildman–Crippen LogP) is 4.25. The summed E-state index contributed by atoms with van der Waals surface area (Å²) in [5, 5.41) is 13.1. The molecule has 0 radical (unpaired) electrons. The van der Waals surface area contributed by atoms with Crippen LogP contribution in [-0.4, -0.2) is 11.7 Å². The molecule has 0 aliphatic rings. The van der Waals surface area contributed by atoms with Gasteiger partial charge in [0.1, 0.15) is 11.6 Å². The largest absolute Gasteiger partial charge is 0.394 e. The zero-order chi connectivity index (χ0) is 15.6. The van der Waals surface area contributed by atoms with Crippen molar-refractivity contribution in [2.45, 2.75) is 19.4 Å². The van der Waals surface area contributed by atoms with E-state index in [-0.39, 0.29) is 11.1 Å². The Morgan fingerprint density at radius 2 is 1.86 bits per heavy atom. The number of para-hydroxylation sites is 1. The van der Waals surface area contributed by atoms with E-state index in [1.54, 1.807) is 31.2 Å². The van der Waals surface area contributed by atoms with Crippen molar-refractivity contribution in [2.75, 3.05) is 11.9 Å². The van der Waals surface area contributed by atoms with Gasteiger partial charge in [0.2, 0.25) is 0 Å². The van der Waals surface area contributed by atoms with Crippen LogP contribution >= 0.6 is 11.6 Å². The maximum Gasteiger partial charge on any atom is 0.129 e. The average Bonchev–Trinajstić information content (AvgIpc) is 2.45. The SMILES string of the molecule is Cc1cc(F)c(C(C)(CO)Nc2ccccc2Cl)cc1F. The summed E-state index contributed by atoms with van der Waals surface area (Å²) in [5.41, 5.74) is -0.387. The Hall–Kier alpha value is -1.65. The van der Waals surface area contributed by atoms with Gasteiger partial charge in [-0.1, -0.05) is 23.7 Å². The highest BCUT2D eigenvalue weighted by molar-refractivity contribution is 6.33. The second-order valence-corrected chi connectivity index (χ2v) is 5.58. The highest BCUT2D eigenvalue weighted by Gasteiger charge is 2.30. The van der Waals surface area contributed by atoms with Crippen LogP contribution in [-0.2, 0) is 5.54 Å². The summed E-state index contributed by atoms with van der Waals surface area (Å²) in [6.07, 6.45) is 0. The quantitative estimate of drug-likeness (QED) is 0.885. The molecule has 2 rings (SSSR count). The molecule has 112 valence electrons. The molecular formula is C16H16ClF2NO. The molecule has 0 aliphatic heterocycles. The fourth-order valence-corrected chi connectivity index (χ4v) is 2.30. The van der Waals surface area contributed by atoms with E-state index >= 15 is 0 Å². The Labute approximate surface area is 127 Å². The van der Waals surface area contributed by atoms with Gasteiger partial charge in [-0.2, -0.15) is 0 Å². The molecule has 0 fully saturated rings. The minimum atomic E-state index is -1.19. The molecule has 2 N–H and O–H groups in total. The molecule has 2 aromatic rings. The molecule has 0 aliphatic carbocycles. The molecule has 1 unspecified atom stereocenters. The maximum absolute atomic E-state index is 14.2. The van der Waals surface area contributed by atoms with E-state index in [1.807, 2.05) is 0 Å².